The lowest BCUT2D eigenvalue weighted by molar-refractivity contribution is -0.126. The van der Waals surface area contributed by atoms with Crippen LogP contribution >= 0.6 is 0 Å². The van der Waals surface area contributed by atoms with E-state index in [9.17, 15) is 4.79 Å². The third kappa shape index (κ3) is 3.68. The first-order valence-electron chi connectivity index (χ1n) is 6.86. The van der Waals surface area contributed by atoms with E-state index in [1.807, 2.05) is 61.5 Å². The molecule has 0 saturated carbocycles. The van der Waals surface area contributed by atoms with E-state index in [1.54, 1.807) is 0 Å². The van der Waals surface area contributed by atoms with Gasteiger partial charge in [-0.15, -0.1) is 0 Å². The summed E-state index contributed by atoms with van der Waals surface area (Å²) >= 11 is 0. The summed E-state index contributed by atoms with van der Waals surface area (Å²) in [6.45, 7) is 1.88. The Morgan fingerprint density at radius 2 is 1.71 bits per heavy atom. The summed E-state index contributed by atoms with van der Waals surface area (Å²) in [5.41, 5.74) is 8.36. The Balaban J connectivity index is 2.21. The van der Waals surface area contributed by atoms with Gasteiger partial charge in [-0.25, -0.2) is 0 Å². The predicted octanol–water partition coefficient (Wildman–Crippen LogP) is 3.03. The lowest BCUT2D eigenvalue weighted by Crippen LogP contribution is -2.23. The number of nitrogens with one attached hydrogen (secondary N) is 1. The van der Waals surface area contributed by atoms with Crippen molar-refractivity contribution >= 4 is 11.6 Å². The van der Waals surface area contributed by atoms with Gasteiger partial charge in [-0.05, 0) is 24.1 Å². The molecule has 3 N–H and O–H groups in total. The van der Waals surface area contributed by atoms with Gasteiger partial charge in [-0.2, -0.15) is 0 Å². The second-order valence-corrected chi connectivity index (χ2v) is 4.89. The summed E-state index contributed by atoms with van der Waals surface area (Å²) in [6, 6.07) is 16.8. The number of rotatable bonds is 5. The first-order chi connectivity index (χ1) is 10.1. The quantitative estimate of drug-likeness (QED) is 0.887. The van der Waals surface area contributed by atoms with Crippen LogP contribution in [-0.4, -0.2) is 13.0 Å². The molecule has 2 unspecified atom stereocenters. The normalized spacial score (nSPS) is 13.5. The average Bonchev–Trinajstić information content (AvgIpc) is 2.49. The Morgan fingerprint density at radius 1 is 1.10 bits per heavy atom. The number of carbonyl (C=O) groups excluding carboxylic acids is 1. The highest BCUT2D eigenvalue weighted by molar-refractivity contribution is 5.95. The van der Waals surface area contributed by atoms with E-state index in [0.29, 0.717) is 0 Å². The fourth-order valence-corrected chi connectivity index (χ4v) is 2.23. The smallest absolute Gasteiger partial charge is 0.258 e. The number of nitrogens with two attached hydrogens (primary N) is 1. The molecule has 0 saturated heterocycles. The number of ether oxygens (including phenoxy) is 1. The summed E-state index contributed by atoms with van der Waals surface area (Å²) in [7, 11) is 1.52. The molecule has 4 heteroatoms. The van der Waals surface area contributed by atoms with Gasteiger partial charge in [0.25, 0.3) is 5.91 Å². The van der Waals surface area contributed by atoms with Crippen LogP contribution in [0.2, 0.25) is 0 Å². The van der Waals surface area contributed by atoms with Crippen molar-refractivity contribution in [1.82, 2.24) is 0 Å². The van der Waals surface area contributed by atoms with E-state index in [0.717, 1.165) is 16.8 Å². The highest BCUT2D eigenvalue weighted by Gasteiger charge is 2.21. The zero-order chi connectivity index (χ0) is 15.2. The Bertz CT molecular complexity index is 597. The molecule has 1 amide bonds. The van der Waals surface area contributed by atoms with Crippen LogP contribution in [0.5, 0.6) is 0 Å². The summed E-state index contributed by atoms with van der Waals surface area (Å²) in [5.74, 6) is -0.211. The van der Waals surface area contributed by atoms with Crippen molar-refractivity contribution in [3.8, 4) is 0 Å². The summed E-state index contributed by atoms with van der Waals surface area (Å²) in [6.07, 6.45) is -0.646. The van der Waals surface area contributed by atoms with Crippen molar-refractivity contribution in [2.24, 2.45) is 5.73 Å². The van der Waals surface area contributed by atoms with Gasteiger partial charge in [0.15, 0.2) is 6.10 Å². The molecule has 21 heavy (non-hydrogen) atoms. The van der Waals surface area contributed by atoms with Gasteiger partial charge in [-0.1, -0.05) is 48.5 Å². The minimum atomic E-state index is -0.646. The molecule has 2 aromatic rings. The van der Waals surface area contributed by atoms with Crippen LogP contribution in [-0.2, 0) is 9.53 Å². The minimum Gasteiger partial charge on any atom is -0.367 e. The van der Waals surface area contributed by atoms with Gasteiger partial charge in [-0.3, -0.25) is 4.79 Å². The second kappa shape index (κ2) is 7.02. The Labute approximate surface area is 124 Å². The second-order valence-electron chi connectivity index (χ2n) is 4.89. The van der Waals surface area contributed by atoms with E-state index >= 15 is 0 Å². The number of carbonyl (C=O) groups is 1. The Hall–Kier alpha value is -2.17. The summed E-state index contributed by atoms with van der Waals surface area (Å²) in [4.78, 5) is 12.4. The van der Waals surface area contributed by atoms with Crippen molar-refractivity contribution < 1.29 is 9.53 Å². The van der Waals surface area contributed by atoms with E-state index < -0.39 is 6.10 Å². The predicted molar refractivity (Wildman–Crippen MR) is 83.9 cm³/mol. The van der Waals surface area contributed by atoms with Crippen LogP contribution in [0.3, 0.4) is 0 Å². The standard InChI is InChI=1S/C17H20N2O2/c1-12(18)14-10-6-7-11-15(14)19-17(20)16(21-2)13-8-4-3-5-9-13/h3-12,16H,18H2,1-2H3,(H,19,20). The van der Waals surface area contributed by atoms with Crippen molar-refractivity contribution in [2.45, 2.75) is 19.1 Å². The first-order valence-corrected chi connectivity index (χ1v) is 6.86. The minimum absolute atomic E-state index is 0.153. The summed E-state index contributed by atoms with van der Waals surface area (Å²) in [5, 5.41) is 2.90. The monoisotopic (exact) mass is 284 g/mol. The lowest BCUT2D eigenvalue weighted by Gasteiger charge is -2.18. The molecule has 0 aliphatic heterocycles. The number of hydrogen-bond acceptors (Lipinski definition) is 3. The average molecular weight is 284 g/mol. The number of anilines is 1. The highest BCUT2D eigenvalue weighted by Crippen LogP contribution is 2.24. The Kier molecular flexibility index (Phi) is 5.09. The molecule has 0 aliphatic rings. The molecule has 2 rings (SSSR count). The molecule has 2 aromatic carbocycles. The maximum Gasteiger partial charge on any atom is 0.258 e. The molecule has 0 aliphatic carbocycles. The molecule has 0 aromatic heterocycles. The molecule has 0 bridgehead atoms. The van der Waals surface area contributed by atoms with Crippen LogP contribution < -0.4 is 11.1 Å². The van der Waals surface area contributed by atoms with Crippen LogP contribution in [0.25, 0.3) is 0 Å². The van der Waals surface area contributed by atoms with Crippen LogP contribution in [0.4, 0.5) is 5.69 Å². The highest BCUT2D eigenvalue weighted by atomic mass is 16.5. The van der Waals surface area contributed by atoms with Crippen molar-refractivity contribution in [3.63, 3.8) is 0 Å². The lowest BCUT2D eigenvalue weighted by atomic mass is 10.1. The van der Waals surface area contributed by atoms with E-state index in [2.05, 4.69) is 5.32 Å². The number of amides is 1. The van der Waals surface area contributed by atoms with E-state index in [4.69, 9.17) is 10.5 Å². The SMILES string of the molecule is COC(C(=O)Nc1ccccc1C(C)N)c1ccccc1. The number of para-hydroxylation sites is 1. The van der Waals surface area contributed by atoms with Crippen LogP contribution in [0.15, 0.2) is 54.6 Å². The van der Waals surface area contributed by atoms with Gasteiger partial charge in [0, 0.05) is 18.8 Å². The van der Waals surface area contributed by atoms with Crippen LogP contribution in [0.1, 0.15) is 30.2 Å². The maximum absolute atomic E-state index is 12.4. The first kappa shape index (κ1) is 15.2. The number of benzene rings is 2. The Morgan fingerprint density at radius 3 is 2.33 bits per heavy atom. The number of hydrogen-bond donors (Lipinski definition) is 2. The maximum atomic E-state index is 12.4. The molecule has 2 atom stereocenters. The molecular formula is C17H20N2O2. The third-order valence-electron chi connectivity index (χ3n) is 3.29. The topological polar surface area (TPSA) is 64.3 Å². The number of methoxy groups -OCH3 is 1. The van der Waals surface area contributed by atoms with E-state index in [-0.39, 0.29) is 11.9 Å². The fraction of sp³-hybridized carbons (Fsp3) is 0.235. The van der Waals surface area contributed by atoms with Gasteiger partial charge in [0.05, 0.1) is 0 Å². The zero-order valence-corrected chi connectivity index (χ0v) is 12.2. The zero-order valence-electron chi connectivity index (χ0n) is 12.2. The summed E-state index contributed by atoms with van der Waals surface area (Å²) < 4.78 is 5.33. The molecule has 110 valence electrons. The van der Waals surface area contributed by atoms with Crippen molar-refractivity contribution in [1.29, 1.82) is 0 Å². The van der Waals surface area contributed by atoms with Crippen LogP contribution in [0, 0.1) is 0 Å². The largest absolute Gasteiger partial charge is 0.367 e. The third-order valence-corrected chi connectivity index (χ3v) is 3.29. The van der Waals surface area contributed by atoms with Gasteiger partial charge >= 0.3 is 0 Å². The molecule has 0 radical (unpaired) electrons. The van der Waals surface area contributed by atoms with Gasteiger partial charge in [0.2, 0.25) is 0 Å². The van der Waals surface area contributed by atoms with Gasteiger partial charge in [0.1, 0.15) is 0 Å². The molecule has 0 fully saturated rings. The van der Waals surface area contributed by atoms with Gasteiger partial charge < -0.3 is 15.8 Å². The van der Waals surface area contributed by atoms with Crippen molar-refractivity contribution in [2.75, 3.05) is 12.4 Å². The molecular weight excluding hydrogens is 264 g/mol. The molecule has 0 spiro atoms. The van der Waals surface area contributed by atoms with Crippen molar-refractivity contribution in [3.05, 3.63) is 65.7 Å². The fourth-order valence-electron chi connectivity index (χ4n) is 2.23. The van der Waals surface area contributed by atoms with E-state index in [1.165, 1.54) is 7.11 Å². The molecule has 4 nitrogen and oxygen atoms in total. The molecule has 0 heterocycles.